The van der Waals surface area contributed by atoms with Crippen LogP contribution in [0.5, 0.6) is 0 Å². The lowest BCUT2D eigenvalue weighted by Gasteiger charge is -2.32. The quantitative estimate of drug-likeness (QED) is 0.881. The number of rotatable bonds is 5. The van der Waals surface area contributed by atoms with Gasteiger partial charge in [0.1, 0.15) is 0 Å². The van der Waals surface area contributed by atoms with Crippen molar-refractivity contribution in [3.05, 3.63) is 35.4 Å². The average Bonchev–Trinajstić information content (AvgIpc) is 2.47. The zero-order chi connectivity index (χ0) is 15.2. The molecule has 0 spiro atoms. The third-order valence-electron chi connectivity index (χ3n) is 3.31. The average molecular weight is 293 g/mol. The summed E-state index contributed by atoms with van der Waals surface area (Å²) in [6.07, 6.45) is -0.532. The maximum atomic E-state index is 12.5. The van der Waals surface area contributed by atoms with E-state index in [0.29, 0.717) is 31.9 Å². The summed E-state index contributed by atoms with van der Waals surface area (Å²) in [5, 5.41) is 8.81. The summed E-state index contributed by atoms with van der Waals surface area (Å²) in [5.74, 6) is -1.02. The van der Waals surface area contributed by atoms with E-state index in [2.05, 4.69) is 0 Å². The summed E-state index contributed by atoms with van der Waals surface area (Å²) in [4.78, 5) is 24.8. The molecule has 2 rings (SSSR count). The van der Waals surface area contributed by atoms with Gasteiger partial charge in [0.05, 0.1) is 25.7 Å². The molecule has 0 saturated carbocycles. The Balaban J connectivity index is 2.04. The van der Waals surface area contributed by atoms with E-state index in [9.17, 15) is 9.59 Å². The summed E-state index contributed by atoms with van der Waals surface area (Å²) in [6, 6.07) is 7.26. The Morgan fingerprint density at radius 3 is 3.00 bits per heavy atom. The number of hydrogen-bond acceptors (Lipinski definition) is 4. The van der Waals surface area contributed by atoms with Gasteiger partial charge in [0.15, 0.2) is 0 Å². The third-order valence-corrected chi connectivity index (χ3v) is 3.31. The Bertz CT molecular complexity index is 517. The second-order valence-electron chi connectivity index (χ2n) is 4.98. The van der Waals surface area contributed by atoms with Crippen molar-refractivity contribution < 1.29 is 24.2 Å². The van der Waals surface area contributed by atoms with Gasteiger partial charge in [0, 0.05) is 25.8 Å². The topological polar surface area (TPSA) is 76.1 Å². The molecule has 1 atom stereocenters. The molecule has 1 heterocycles. The minimum Gasteiger partial charge on any atom is -0.481 e. The molecule has 114 valence electrons. The van der Waals surface area contributed by atoms with Crippen LogP contribution in [0.25, 0.3) is 0 Å². The van der Waals surface area contributed by atoms with Gasteiger partial charge in [0.2, 0.25) is 0 Å². The number of benzene rings is 1. The van der Waals surface area contributed by atoms with Gasteiger partial charge in [-0.15, -0.1) is 0 Å². The van der Waals surface area contributed by atoms with Crippen molar-refractivity contribution in [2.24, 2.45) is 0 Å². The molecule has 0 bridgehead atoms. The van der Waals surface area contributed by atoms with Crippen molar-refractivity contribution in [1.82, 2.24) is 4.90 Å². The SMILES string of the molecule is COCc1cccc(C(=O)N2CCO[C@H](CC(=O)O)C2)c1. The van der Waals surface area contributed by atoms with Crippen molar-refractivity contribution in [3.63, 3.8) is 0 Å². The summed E-state index contributed by atoms with van der Waals surface area (Å²) >= 11 is 0. The minimum atomic E-state index is -0.920. The molecule has 1 N–H and O–H groups in total. The lowest BCUT2D eigenvalue weighted by Crippen LogP contribution is -2.46. The summed E-state index contributed by atoms with van der Waals surface area (Å²) in [6.45, 7) is 1.59. The molecule has 1 aromatic carbocycles. The fourth-order valence-corrected chi connectivity index (χ4v) is 2.37. The number of methoxy groups -OCH3 is 1. The van der Waals surface area contributed by atoms with Gasteiger partial charge in [-0.3, -0.25) is 9.59 Å². The number of carbonyl (C=O) groups is 2. The zero-order valence-corrected chi connectivity index (χ0v) is 11.9. The first-order valence-corrected chi connectivity index (χ1v) is 6.80. The first kappa shape index (κ1) is 15.5. The molecule has 1 saturated heterocycles. The first-order valence-electron chi connectivity index (χ1n) is 6.80. The van der Waals surface area contributed by atoms with Crippen LogP contribution >= 0.6 is 0 Å². The molecule has 0 aromatic heterocycles. The van der Waals surface area contributed by atoms with Gasteiger partial charge in [0.25, 0.3) is 5.91 Å². The standard InChI is InChI=1S/C15H19NO5/c1-20-10-11-3-2-4-12(7-11)15(19)16-5-6-21-13(9-16)8-14(17)18/h2-4,7,13H,5-6,8-10H2,1H3,(H,17,18)/t13-/m1/s1. The molecular formula is C15H19NO5. The van der Waals surface area contributed by atoms with E-state index in [4.69, 9.17) is 14.6 Å². The van der Waals surface area contributed by atoms with Crippen LogP contribution in [0.1, 0.15) is 22.3 Å². The minimum absolute atomic E-state index is 0.0898. The second-order valence-corrected chi connectivity index (χ2v) is 4.98. The first-order chi connectivity index (χ1) is 10.1. The monoisotopic (exact) mass is 293 g/mol. The Morgan fingerprint density at radius 2 is 2.29 bits per heavy atom. The highest BCUT2D eigenvalue weighted by molar-refractivity contribution is 5.94. The van der Waals surface area contributed by atoms with Gasteiger partial charge in [-0.1, -0.05) is 12.1 Å². The predicted octanol–water partition coefficient (Wildman–Crippen LogP) is 1.15. The van der Waals surface area contributed by atoms with Gasteiger partial charge in [-0.25, -0.2) is 0 Å². The maximum Gasteiger partial charge on any atom is 0.306 e. The third kappa shape index (κ3) is 4.27. The van der Waals surface area contributed by atoms with Crippen molar-refractivity contribution in [3.8, 4) is 0 Å². The molecule has 6 heteroatoms. The predicted molar refractivity (Wildman–Crippen MR) is 75.1 cm³/mol. The number of hydrogen-bond donors (Lipinski definition) is 1. The van der Waals surface area contributed by atoms with Crippen LogP contribution < -0.4 is 0 Å². The number of aliphatic carboxylic acids is 1. The van der Waals surface area contributed by atoms with E-state index >= 15 is 0 Å². The highest BCUT2D eigenvalue weighted by atomic mass is 16.5. The van der Waals surface area contributed by atoms with E-state index in [1.54, 1.807) is 24.1 Å². The second kappa shape index (κ2) is 7.19. The highest BCUT2D eigenvalue weighted by Gasteiger charge is 2.26. The number of carboxylic acids is 1. The number of nitrogens with zero attached hydrogens (tertiary/aromatic N) is 1. The molecule has 0 radical (unpaired) electrons. The normalized spacial score (nSPS) is 18.5. The number of amides is 1. The fraction of sp³-hybridized carbons (Fsp3) is 0.467. The van der Waals surface area contributed by atoms with Gasteiger partial charge < -0.3 is 19.5 Å². The van der Waals surface area contributed by atoms with Crippen LogP contribution in [0.3, 0.4) is 0 Å². The van der Waals surface area contributed by atoms with Crippen LogP contribution in [-0.4, -0.2) is 54.8 Å². The van der Waals surface area contributed by atoms with Crippen LogP contribution in [-0.2, 0) is 20.9 Å². The Morgan fingerprint density at radius 1 is 1.48 bits per heavy atom. The fourth-order valence-electron chi connectivity index (χ4n) is 2.37. The van der Waals surface area contributed by atoms with E-state index in [-0.39, 0.29) is 12.3 Å². The van der Waals surface area contributed by atoms with Crippen LogP contribution in [0.15, 0.2) is 24.3 Å². The summed E-state index contributed by atoms with van der Waals surface area (Å²) < 4.78 is 10.4. The molecule has 0 aliphatic carbocycles. The van der Waals surface area contributed by atoms with Crippen molar-refractivity contribution >= 4 is 11.9 Å². The molecule has 0 unspecified atom stereocenters. The molecule has 1 aliphatic rings. The lowest BCUT2D eigenvalue weighted by atomic mass is 10.1. The molecule has 6 nitrogen and oxygen atoms in total. The van der Waals surface area contributed by atoms with Gasteiger partial charge >= 0.3 is 5.97 Å². The molecule has 1 aromatic rings. The Hall–Kier alpha value is -1.92. The smallest absolute Gasteiger partial charge is 0.306 e. The zero-order valence-electron chi connectivity index (χ0n) is 11.9. The number of carboxylic acid groups (broad SMARTS) is 1. The molecule has 1 amide bonds. The number of morpholine rings is 1. The van der Waals surface area contributed by atoms with Crippen LogP contribution in [0.2, 0.25) is 0 Å². The molecule has 1 aliphatic heterocycles. The van der Waals surface area contributed by atoms with Crippen molar-refractivity contribution in [2.75, 3.05) is 26.8 Å². The molecular weight excluding hydrogens is 274 g/mol. The van der Waals surface area contributed by atoms with Crippen LogP contribution in [0, 0.1) is 0 Å². The largest absolute Gasteiger partial charge is 0.481 e. The van der Waals surface area contributed by atoms with E-state index < -0.39 is 12.1 Å². The van der Waals surface area contributed by atoms with E-state index in [1.165, 1.54) is 0 Å². The molecule has 1 fully saturated rings. The Kier molecular flexibility index (Phi) is 5.30. The summed E-state index contributed by atoms with van der Waals surface area (Å²) in [7, 11) is 1.60. The van der Waals surface area contributed by atoms with Crippen molar-refractivity contribution in [1.29, 1.82) is 0 Å². The number of carbonyl (C=O) groups excluding carboxylic acids is 1. The van der Waals surface area contributed by atoms with Gasteiger partial charge in [-0.2, -0.15) is 0 Å². The summed E-state index contributed by atoms with van der Waals surface area (Å²) in [5.41, 5.74) is 1.51. The highest BCUT2D eigenvalue weighted by Crippen LogP contribution is 2.14. The van der Waals surface area contributed by atoms with Crippen molar-refractivity contribution in [2.45, 2.75) is 19.1 Å². The lowest BCUT2D eigenvalue weighted by molar-refractivity contribution is -0.141. The number of ether oxygens (including phenoxy) is 2. The van der Waals surface area contributed by atoms with Crippen LogP contribution in [0.4, 0.5) is 0 Å². The van der Waals surface area contributed by atoms with E-state index in [0.717, 1.165) is 5.56 Å². The van der Waals surface area contributed by atoms with Gasteiger partial charge in [-0.05, 0) is 17.7 Å². The molecule has 21 heavy (non-hydrogen) atoms. The Labute approximate surface area is 123 Å². The van der Waals surface area contributed by atoms with E-state index in [1.807, 2.05) is 12.1 Å². The maximum absolute atomic E-state index is 12.5.